The largest absolute Gasteiger partial charge is 0.396 e. The number of aliphatic hydroxyl groups excluding tert-OH is 1. The lowest BCUT2D eigenvalue weighted by Crippen LogP contribution is -2.43. The molecule has 2 aliphatic rings. The van der Waals surface area contributed by atoms with Crippen LogP contribution in [-0.4, -0.2) is 49.8 Å². The van der Waals surface area contributed by atoms with Gasteiger partial charge < -0.3 is 15.3 Å². The van der Waals surface area contributed by atoms with Gasteiger partial charge in [0.2, 0.25) is 0 Å². The Bertz CT molecular complexity index is 256. The van der Waals surface area contributed by atoms with Gasteiger partial charge in [0.05, 0.1) is 0 Å². The van der Waals surface area contributed by atoms with Crippen molar-refractivity contribution in [1.82, 2.24) is 10.2 Å². The topological polar surface area (TPSA) is 35.5 Å². The van der Waals surface area contributed by atoms with Crippen molar-refractivity contribution < 1.29 is 5.11 Å². The smallest absolute Gasteiger partial charge is 0.0499 e. The molecule has 0 aromatic heterocycles. The van der Waals surface area contributed by atoms with Crippen molar-refractivity contribution in [3.05, 3.63) is 0 Å². The number of aliphatic hydroxyl groups is 1. The number of piperidine rings is 1. The second kappa shape index (κ2) is 8.35. The van der Waals surface area contributed by atoms with Gasteiger partial charge in [-0.2, -0.15) is 0 Å². The van der Waals surface area contributed by atoms with Crippen LogP contribution in [0, 0.1) is 10.8 Å². The van der Waals surface area contributed by atoms with Crippen LogP contribution in [0.3, 0.4) is 0 Å². The van der Waals surface area contributed by atoms with E-state index in [4.69, 9.17) is 0 Å². The summed E-state index contributed by atoms with van der Waals surface area (Å²) in [6, 6.07) is 0. The van der Waals surface area contributed by atoms with E-state index in [1.165, 1.54) is 51.6 Å². The molecule has 1 saturated heterocycles. The molecule has 1 heterocycles. The third kappa shape index (κ3) is 4.71. The quantitative estimate of drug-likeness (QED) is 0.754. The lowest BCUT2D eigenvalue weighted by atomic mass is 9.73. The fourth-order valence-corrected chi connectivity index (χ4v) is 3.37. The van der Waals surface area contributed by atoms with E-state index in [1.54, 1.807) is 0 Å². The zero-order valence-electron chi connectivity index (χ0n) is 14.2. The molecule has 0 aromatic rings. The van der Waals surface area contributed by atoms with Crippen LogP contribution in [-0.2, 0) is 0 Å². The van der Waals surface area contributed by atoms with Crippen molar-refractivity contribution in [2.75, 3.05) is 39.8 Å². The monoisotopic (exact) mass is 284 g/mol. The van der Waals surface area contributed by atoms with Gasteiger partial charge in [-0.05, 0) is 64.2 Å². The molecule has 3 nitrogen and oxygen atoms in total. The lowest BCUT2D eigenvalue weighted by Gasteiger charge is -2.42. The number of rotatable bonds is 7. The maximum atomic E-state index is 9.42. The Kier molecular flexibility index (Phi) is 7.49. The Hall–Kier alpha value is -0.120. The Morgan fingerprint density at radius 3 is 2.05 bits per heavy atom. The Morgan fingerprint density at radius 2 is 1.65 bits per heavy atom. The first kappa shape index (κ1) is 17.9. The minimum atomic E-state index is 0.289. The molecule has 0 aromatic carbocycles. The molecule has 0 unspecified atom stereocenters. The first-order chi connectivity index (χ1) is 9.67. The molecule has 1 aliphatic carbocycles. The van der Waals surface area contributed by atoms with Crippen LogP contribution in [0.5, 0.6) is 0 Å². The van der Waals surface area contributed by atoms with Gasteiger partial charge in [0.25, 0.3) is 0 Å². The minimum Gasteiger partial charge on any atom is -0.396 e. The van der Waals surface area contributed by atoms with Crippen molar-refractivity contribution in [2.45, 2.75) is 59.3 Å². The molecule has 3 heteroatoms. The summed E-state index contributed by atoms with van der Waals surface area (Å²) in [6.07, 6.45) is 7.78. The van der Waals surface area contributed by atoms with Gasteiger partial charge in [-0.1, -0.05) is 27.2 Å². The summed E-state index contributed by atoms with van der Waals surface area (Å²) in [5.74, 6) is 0. The molecule has 0 atom stereocenters. The van der Waals surface area contributed by atoms with Crippen molar-refractivity contribution in [3.8, 4) is 0 Å². The van der Waals surface area contributed by atoms with Gasteiger partial charge in [-0.3, -0.25) is 0 Å². The molecular weight excluding hydrogens is 248 g/mol. The summed E-state index contributed by atoms with van der Waals surface area (Å²) in [7, 11) is 2.05. The molecule has 0 radical (unpaired) electrons. The van der Waals surface area contributed by atoms with Gasteiger partial charge >= 0.3 is 0 Å². The summed E-state index contributed by atoms with van der Waals surface area (Å²) in [6.45, 7) is 11.5. The van der Waals surface area contributed by atoms with Gasteiger partial charge in [0.1, 0.15) is 0 Å². The summed E-state index contributed by atoms with van der Waals surface area (Å²) >= 11 is 0. The van der Waals surface area contributed by atoms with Crippen LogP contribution in [0.15, 0.2) is 0 Å². The van der Waals surface area contributed by atoms with Crippen molar-refractivity contribution in [3.63, 3.8) is 0 Å². The normalized spacial score (nSPS) is 23.9. The molecule has 0 spiro atoms. The third-order valence-corrected chi connectivity index (χ3v) is 5.42. The average molecular weight is 284 g/mol. The van der Waals surface area contributed by atoms with Gasteiger partial charge in [0, 0.05) is 18.6 Å². The van der Waals surface area contributed by atoms with Crippen molar-refractivity contribution in [1.29, 1.82) is 0 Å². The van der Waals surface area contributed by atoms with E-state index in [2.05, 4.69) is 24.2 Å². The Balaban J connectivity index is 0.000000956. The van der Waals surface area contributed by atoms with Crippen LogP contribution in [0.1, 0.15) is 59.3 Å². The second-order valence-electron chi connectivity index (χ2n) is 6.64. The maximum Gasteiger partial charge on any atom is 0.0499 e. The molecule has 2 fully saturated rings. The lowest BCUT2D eigenvalue weighted by molar-refractivity contribution is 0.0654. The van der Waals surface area contributed by atoms with Gasteiger partial charge in [-0.25, -0.2) is 0 Å². The molecule has 1 aliphatic heterocycles. The van der Waals surface area contributed by atoms with E-state index in [9.17, 15) is 5.11 Å². The SMILES string of the molecule is CC.CCC1(CCNC)CCN(CC2(CO)CC2)CC1. The number of hydrogen-bond donors (Lipinski definition) is 2. The van der Waals surface area contributed by atoms with Crippen LogP contribution in [0.2, 0.25) is 0 Å². The second-order valence-corrected chi connectivity index (χ2v) is 6.64. The van der Waals surface area contributed by atoms with Crippen LogP contribution in [0.4, 0.5) is 0 Å². The summed E-state index contributed by atoms with van der Waals surface area (Å²) < 4.78 is 0. The van der Waals surface area contributed by atoms with E-state index >= 15 is 0 Å². The third-order valence-electron chi connectivity index (χ3n) is 5.42. The van der Waals surface area contributed by atoms with Crippen molar-refractivity contribution in [2.24, 2.45) is 10.8 Å². The zero-order valence-corrected chi connectivity index (χ0v) is 14.2. The highest BCUT2D eigenvalue weighted by Crippen LogP contribution is 2.47. The van der Waals surface area contributed by atoms with Crippen LogP contribution in [0.25, 0.3) is 0 Å². The van der Waals surface area contributed by atoms with Crippen LogP contribution >= 0.6 is 0 Å². The predicted octanol–water partition coefficient (Wildman–Crippen LogP) is 2.89. The van der Waals surface area contributed by atoms with Crippen LogP contribution < -0.4 is 5.32 Å². The predicted molar refractivity (Wildman–Crippen MR) is 87.0 cm³/mol. The summed E-state index contributed by atoms with van der Waals surface area (Å²) in [5.41, 5.74) is 0.868. The Labute approximate surface area is 126 Å². The number of hydrogen-bond acceptors (Lipinski definition) is 3. The first-order valence-electron chi connectivity index (χ1n) is 8.65. The Morgan fingerprint density at radius 1 is 1.05 bits per heavy atom. The van der Waals surface area contributed by atoms with E-state index in [0.717, 1.165) is 13.1 Å². The maximum absolute atomic E-state index is 9.42. The molecule has 2 rings (SSSR count). The first-order valence-corrected chi connectivity index (χ1v) is 8.65. The standard InChI is InChI=1S/C15H30N2O.C2H6/c1-3-14(6-9-16-2)7-10-17(11-8-14)12-15(13-18)4-5-15;1-2/h16,18H,3-13H2,1-2H3;1-2H3. The highest BCUT2D eigenvalue weighted by atomic mass is 16.3. The van der Waals surface area contributed by atoms with Gasteiger partial charge in [0.15, 0.2) is 0 Å². The van der Waals surface area contributed by atoms with E-state index in [0.29, 0.717) is 12.0 Å². The van der Waals surface area contributed by atoms with E-state index in [-0.39, 0.29) is 5.41 Å². The number of nitrogens with zero attached hydrogens (tertiary/aromatic N) is 1. The number of likely N-dealkylation sites (tertiary alicyclic amines) is 1. The highest BCUT2D eigenvalue weighted by Gasteiger charge is 2.44. The van der Waals surface area contributed by atoms with Crippen molar-refractivity contribution >= 4 is 0 Å². The molecule has 0 bridgehead atoms. The molecular formula is C17H36N2O. The molecule has 20 heavy (non-hydrogen) atoms. The number of nitrogens with one attached hydrogen (secondary N) is 1. The van der Waals surface area contributed by atoms with E-state index < -0.39 is 0 Å². The molecule has 120 valence electrons. The minimum absolute atomic E-state index is 0.289. The average Bonchev–Trinajstić information content (AvgIpc) is 3.29. The summed E-state index contributed by atoms with van der Waals surface area (Å²) in [5, 5.41) is 12.7. The highest BCUT2D eigenvalue weighted by molar-refractivity contribution is 4.96. The molecule has 0 amide bonds. The molecule has 2 N–H and O–H groups in total. The summed E-state index contributed by atoms with van der Waals surface area (Å²) in [4.78, 5) is 2.59. The molecule has 1 saturated carbocycles. The van der Waals surface area contributed by atoms with E-state index in [1.807, 2.05) is 13.8 Å². The zero-order chi connectivity index (χ0) is 15.1. The fraction of sp³-hybridized carbons (Fsp3) is 1.00. The van der Waals surface area contributed by atoms with Gasteiger partial charge in [-0.15, -0.1) is 0 Å². The fourth-order valence-electron chi connectivity index (χ4n) is 3.37.